The molecule has 5 atom stereocenters. The van der Waals surface area contributed by atoms with Gasteiger partial charge in [-0.3, -0.25) is 4.79 Å². The van der Waals surface area contributed by atoms with E-state index in [9.17, 15) is 13.2 Å². The zero-order chi connectivity index (χ0) is 21.4. The number of aryl methyl sites for hydroxylation is 1. The van der Waals surface area contributed by atoms with Crippen molar-refractivity contribution in [1.82, 2.24) is 0 Å². The van der Waals surface area contributed by atoms with Crippen molar-refractivity contribution in [1.29, 1.82) is 0 Å². The topological polar surface area (TPSA) is 97.4 Å². The Bertz CT molecular complexity index is 833. The van der Waals surface area contributed by atoms with Crippen molar-refractivity contribution in [3.05, 3.63) is 29.8 Å². The molecule has 2 aliphatic heterocycles. The first-order valence-electron chi connectivity index (χ1n) is 9.46. The molecule has 0 spiro atoms. The van der Waals surface area contributed by atoms with Crippen LogP contribution in [0.15, 0.2) is 29.2 Å². The Labute approximate surface area is 171 Å². The first kappa shape index (κ1) is 22.2. The molecule has 0 amide bonds. The fraction of sp³-hybridized carbons (Fsp3) is 0.650. The van der Waals surface area contributed by atoms with Gasteiger partial charge in [0.2, 0.25) is 0 Å². The number of esters is 1. The van der Waals surface area contributed by atoms with Gasteiger partial charge in [0, 0.05) is 13.0 Å². The van der Waals surface area contributed by atoms with Crippen LogP contribution < -0.4 is 0 Å². The smallest absolute Gasteiger partial charge is 0.305 e. The van der Waals surface area contributed by atoms with Gasteiger partial charge in [-0.25, -0.2) is 8.42 Å². The summed E-state index contributed by atoms with van der Waals surface area (Å²) < 4.78 is 54.0. The predicted molar refractivity (Wildman–Crippen MR) is 103 cm³/mol. The molecule has 3 rings (SSSR count). The zero-order valence-electron chi connectivity index (χ0n) is 17.3. The number of benzene rings is 1. The third kappa shape index (κ3) is 4.80. The van der Waals surface area contributed by atoms with Crippen LogP contribution in [0.25, 0.3) is 0 Å². The molecular formula is C20H28O8S. The highest BCUT2D eigenvalue weighted by Gasteiger charge is 2.57. The standard InChI is InChI=1S/C20H28O8S/c1-12-6-8-14(9-7-12)29(22,23)11-13(10-15(21)24-4)16-17(25-5)18-19(26-16)28-20(2,3)27-18/h6-9,13,16-19H,10-11H2,1-5H3/t13-,16+,17-,18+,19+/m0/s1. The van der Waals surface area contributed by atoms with Crippen molar-refractivity contribution < 1.29 is 36.9 Å². The first-order chi connectivity index (χ1) is 13.6. The lowest BCUT2D eigenvalue weighted by atomic mass is 9.95. The van der Waals surface area contributed by atoms with Crippen LogP contribution in [0.5, 0.6) is 0 Å². The van der Waals surface area contributed by atoms with Crippen molar-refractivity contribution in [2.24, 2.45) is 5.92 Å². The predicted octanol–water partition coefficient (Wildman–Crippen LogP) is 1.84. The van der Waals surface area contributed by atoms with Gasteiger partial charge >= 0.3 is 5.97 Å². The molecule has 162 valence electrons. The van der Waals surface area contributed by atoms with Gasteiger partial charge in [0.25, 0.3) is 0 Å². The number of ether oxygens (including phenoxy) is 5. The molecule has 2 fully saturated rings. The minimum atomic E-state index is -3.67. The molecule has 0 bridgehead atoms. The van der Waals surface area contributed by atoms with E-state index in [2.05, 4.69) is 0 Å². The Balaban J connectivity index is 1.86. The molecule has 0 saturated carbocycles. The van der Waals surface area contributed by atoms with Gasteiger partial charge in [-0.2, -0.15) is 0 Å². The molecule has 9 heteroatoms. The Morgan fingerprint density at radius 3 is 2.41 bits per heavy atom. The summed E-state index contributed by atoms with van der Waals surface area (Å²) in [5.74, 6) is -2.34. The van der Waals surface area contributed by atoms with Crippen LogP contribution in [0.2, 0.25) is 0 Å². The second-order valence-electron chi connectivity index (χ2n) is 7.90. The third-order valence-corrected chi connectivity index (χ3v) is 7.09. The van der Waals surface area contributed by atoms with E-state index < -0.39 is 52.1 Å². The van der Waals surface area contributed by atoms with Crippen LogP contribution in [0.3, 0.4) is 0 Å². The lowest BCUT2D eigenvalue weighted by Crippen LogP contribution is -2.42. The average Bonchev–Trinajstić information content (AvgIpc) is 3.12. The van der Waals surface area contributed by atoms with Crippen LogP contribution in [-0.2, 0) is 38.3 Å². The van der Waals surface area contributed by atoms with Crippen LogP contribution in [0.4, 0.5) is 0 Å². The molecule has 0 aliphatic carbocycles. The summed E-state index contributed by atoms with van der Waals surface area (Å²) >= 11 is 0. The van der Waals surface area contributed by atoms with Crippen LogP contribution in [0, 0.1) is 12.8 Å². The molecule has 2 heterocycles. The molecule has 0 radical (unpaired) electrons. The van der Waals surface area contributed by atoms with Gasteiger partial charge in [0.15, 0.2) is 21.9 Å². The number of sulfone groups is 1. The van der Waals surface area contributed by atoms with Gasteiger partial charge in [0.05, 0.1) is 30.3 Å². The minimum absolute atomic E-state index is 0.130. The van der Waals surface area contributed by atoms with E-state index in [1.807, 2.05) is 6.92 Å². The van der Waals surface area contributed by atoms with Crippen molar-refractivity contribution in [2.45, 2.75) is 62.5 Å². The van der Waals surface area contributed by atoms with Gasteiger partial charge in [-0.05, 0) is 32.9 Å². The number of carbonyl (C=O) groups is 1. The van der Waals surface area contributed by atoms with Gasteiger partial charge < -0.3 is 23.7 Å². The quantitative estimate of drug-likeness (QED) is 0.607. The van der Waals surface area contributed by atoms with E-state index in [-0.39, 0.29) is 17.1 Å². The monoisotopic (exact) mass is 428 g/mol. The minimum Gasteiger partial charge on any atom is -0.469 e. The summed E-state index contributed by atoms with van der Waals surface area (Å²) in [5.41, 5.74) is 0.957. The van der Waals surface area contributed by atoms with Crippen molar-refractivity contribution in [3.8, 4) is 0 Å². The fourth-order valence-electron chi connectivity index (χ4n) is 3.84. The third-order valence-electron chi connectivity index (χ3n) is 5.23. The summed E-state index contributed by atoms with van der Waals surface area (Å²) in [5, 5.41) is 0. The highest BCUT2D eigenvalue weighted by atomic mass is 32.2. The maximum absolute atomic E-state index is 13.0. The second kappa shape index (κ2) is 8.31. The average molecular weight is 429 g/mol. The molecule has 1 aromatic carbocycles. The summed E-state index contributed by atoms with van der Waals surface area (Å²) in [6.07, 6.45) is -2.62. The van der Waals surface area contributed by atoms with Gasteiger partial charge in [-0.15, -0.1) is 0 Å². The number of carbonyl (C=O) groups excluding carboxylic acids is 1. The largest absolute Gasteiger partial charge is 0.469 e. The maximum atomic E-state index is 13.0. The number of hydrogen-bond acceptors (Lipinski definition) is 8. The Morgan fingerprint density at radius 1 is 1.17 bits per heavy atom. The van der Waals surface area contributed by atoms with Gasteiger partial charge in [0.1, 0.15) is 12.2 Å². The van der Waals surface area contributed by atoms with Gasteiger partial charge in [-0.1, -0.05) is 17.7 Å². The van der Waals surface area contributed by atoms with E-state index in [0.717, 1.165) is 5.56 Å². The zero-order valence-corrected chi connectivity index (χ0v) is 18.1. The molecule has 29 heavy (non-hydrogen) atoms. The highest BCUT2D eigenvalue weighted by molar-refractivity contribution is 7.91. The number of fused-ring (bicyclic) bond motifs is 1. The van der Waals surface area contributed by atoms with E-state index in [0.29, 0.717) is 0 Å². The Morgan fingerprint density at radius 2 is 1.83 bits per heavy atom. The number of methoxy groups -OCH3 is 2. The van der Waals surface area contributed by atoms with E-state index in [4.69, 9.17) is 23.7 Å². The number of rotatable bonds is 7. The molecule has 2 saturated heterocycles. The normalized spacial score (nSPS) is 29.4. The molecule has 2 aliphatic rings. The lowest BCUT2D eigenvalue weighted by molar-refractivity contribution is -0.222. The Kier molecular flexibility index (Phi) is 6.35. The van der Waals surface area contributed by atoms with Crippen molar-refractivity contribution in [3.63, 3.8) is 0 Å². The second-order valence-corrected chi connectivity index (χ2v) is 9.94. The SMILES string of the molecule is COC(=O)C[C@@H](CS(=O)(=O)c1ccc(C)cc1)[C@H]1O[C@@H]2OC(C)(C)O[C@@H]2[C@H]1OC. The number of hydrogen-bond donors (Lipinski definition) is 0. The molecule has 0 aromatic heterocycles. The highest BCUT2D eigenvalue weighted by Crippen LogP contribution is 2.41. The molecule has 8 nitrogen and oxygen atoms in total. The fourth-order valence-corrected chi connectivity index (χ4v) is 5.46. The van der Waals surface area contributed by atoms with Crippen LogP contribution >= 0.6 is 0 Å². The Hall–Kier alpha value is -1.52. The summed E-state index contributed by atoms with van der Waals surface area (Å²) in [7, 11) is -0.904. The molecule has 1 aromatic rings. The van der Waals surface area contributed by atoms with Crippen molar-refractivity contribution in [2.75, 3.05) is 20.0 Å². The van der Waals surface area contributed by atoms with Crippen molar-refractivity contribution >= 4 is 15.8 Å². The van der Waals surface area contributed by atoms with E-state index in [1.165, 1.54) is 14.2 Å². The summed E-state index contributed by atoms with van der Waals surface area (Å²) in [6, 6.07) is 6.60. The van der Waals surface area contributed by atoms with Crippen LogP contribution in [-0.4, -0.2) is 64.7 Å². The maximum Gasteiger partial charge on any atom is 0.305 e. The van der Waals surface area contributed by atoms with E-state index >= 15 is 0 Å². The molecule has 0 N–H and O–H groups in total. The van der Waals surface area contributed by atoms with Crippen LogP contribution in [0.1, 0.15) is 25.8 Å². The summed E-state index contributed by atoms with van der Waals surface area (Å²) in [4.78, 5) is 12.2. The summed E-state index contributed by atoms with van der Waals surface area (Å²) in [6.45, 7) is 5.42. The first-order valence-corrected chi connectivity index (χ1v) is 11.1. The lowest BCUT2D eigenvalue weighted by Gasteiger charge is -2.29. The van der Waals surface area contributed by atoms with E-state index in [1.54, 1.807) is 38.1 Å². The molecular weight excluding hydrogens is 400 g/mol. The molecule has 0 unspecified atom stereocenters.